The highest BCUT2D eigenvalue weighted by Crippen LogP contribution is 2.44. The van der Waals surface area contributed by atoms with Crippen LogP contribution in [0, 0.1) is 0 Å². The molecule has 1 aromatic rings. The van der Waals surface area contributed by atoms with E-state index in [1.54, 1.807) is 6.92 Å². The SMILES string of the molecule is CCS(=O)(=O)C1C(N)C1c1ccccc1. The molecule has 0 aliphatic heterocycles. The number of rotatable bonds is 3. The summed E-state index contributed by atoms with van der Waals surface area (Å²) in [6, 6.07) is 9.40. The van der Waals surface area contributed by atoms with E-state index < -0.39 is 9.84 Å². The molecule has 0 spiro atoms. The van der Waals surface area contributed by atoms with E-state index in [-0.39, 0.29) is 23.0 Å². The van der Waals surface area contributed by atoms with Crippen LogP contribution in [0.1, 0.15) is 18.4 Å². The Bertz CT molecular complexity index is 441. The largest absolute Gasteiger partial charge is 0.326 e. The van der Waals surface area contributed by atoms with Crippen molar-refractivity contribution in [2.45, 2.75) is 24.1 Å². The third kappa shape index (κ3) is 1.79. The molecule has 0 saturated heterocycles. The van der Waals surface area contributed by atoms with Crippen LogP contribution in [0.3, 0.4) is 0 Å². The summed E-state index contributed by atoms with van der Waals surface area (Å²) in [6.07, 6.45) is 0. The molecule has 15 heavy (non-hydrogen) atoms. The Balaban J connectivity index is 2.24. The summed E-state index contributed by atoms with van der Waals surface area (Å²) < 4.78 is 23.4. The molecule has 82 valence electrons. The molecule has 2 rings (SSSR count). The second-order valence-electron chi connectivity index (χ2n) is 3.93. The van der Waals surface area contributed by atoms with Gasteiger partial charge >= 0.3 is 0 Å². The van der Waals surface area contributed by atoms with Crippen molar-refractivity contribution in [1.82, 2.24) is 0 Å². The maximum absolute atomic E-state index is 11.7. The minimum Gasteiger partial charge on any atom is -0.326 e. The van der Waals surface area contributed by atoms with E-state index in [4.69, 9.17) is 5.73 Å². The molecule has 1 aliphatic carbocycles. The highest BCUT2D eigenvalue weighted by Gasteiger charge is 2.55. The van der Waals surface area contributed by atoms with Crippen molar-refractivity contribution in [2.24, 2.45) is 5.73 Å². The van der Waals surface area contributed by atoms with Gasteiger partial charge in [0.05, 0.1) is 5.25 Å². The molecule has 0 heterocycles. The fraction of sp³-hybridized carbons (Fsp3) is 0.455. The van der Waals surface area contributed by atoms with Crippen molar-refractivity contribution in [3.8, 4) is 0 Å². The van der Waals surface area contributed by atoms with E-state index in [2.05, 4.69) is 0 Å². The monoisotopic (exact) mass is 225 g/mol. The molecule has 0 bridgehead atoms. The Kier molecular flexibility index (Phi) is 2.56. The number of nitrogens with two attached hydrogens (primary N) is 1. The van der Waals surface area contributed by atoms with E-state index >= 15 is 0 Å². The standard InChI is InChI=1S/C11H15NO2S/c1-2-15(13,14)11-9(10(11)12)8-6-4-3-5-7-8/h3-7,9-11H,2,12H2,1H3. The quantitative estimate of drug-likeness (QED) is 0.832. The van der Waals surface area contributed by atoms with Crippen LogP contribution < -0.4 is 5.73 Å². The first-order valence-electron chi connectivity index (χ1n) is 5.10. The van der Waals surface area contributed by atoms with E-state index in [1.165, 1.54) is 0 Å². The van der Waals surface area contributed by atoms with E-state index in [0.29, 0.717) is 0 Å². The van der Waals surface area contributed by atoms with Gasteiger partial charge in [-0.2, -0.15) is 0 Å². The van der Waals surface area contributed by atoms with Crippen LogP contribution in [-0.2, 0) is 9.84 Å². The predicted octanol–water partition coefficient (Wildman–Crippen LogP) is 0.914. The lowest BCUT2D eigenvalue weighted by molar-refractivity contribution is 0.594. The third-order valence-electron chi connectivity index (χ3n) is 3.01. The highest BCUT2D eigenvalue weighted by atomic mass is 32.2. The zero-order valence-corrected chi connectivity index (χ0v) is 9.44. The Morgan fingerprint density at radius 2 is 1.87 bits per heavy atom. The third-order valence-corrected chi connectivity index (χ3v) is 5.25. The lowest BCUT2D eigenvalue weighted by Gasteiger charge is -1.99. The predicted molar refractivity (Wildman–Crippen MR) is 60.4 cm³/mol. The Labute approximate surface area is 90.2 Å². The molecular weight excluding hydrogens is 210 g/mol. The summed E-state index contributed by atoms with van der Waals surface area (Å²) in [5, 5.41) is -0.370. The summed E-state index contributed by atoms with van der Waals surface area (Å²) in [5.74, 6) is 0.172. The Morgan fingerprint density at radius 1 is 1.27 bits per heavy atom. The van der Waals surface area contributed by atoms with E-state index in [9.17, 15) is 8.42 Å². The smallest absolute Gasteiger partial charge is 0.155 e. The van der Waals surface area contributed by atoms with Crippen LogP contribution in [0.2, 0.25) is 0 Å². The van der Waals surface area contributed by atoms with Crippen LogP contribution in [0.5, 0.6) is 0 Å². The molecule has 3 unspecified atom stereocenters. The van der Waals surface area contributed by atoms with Gasteiger partial charge in [-0.1, -0.05) is 37.3 Å². The van der Waals surface area contributed by atoms with Crippen LogP contribution in [-0.4, -0.2) is 25.5 Å². The molecule has 0 aromatic heterocycles. The lowest BCUT2D eigenvalue weighted by Crippen LogP contribution is -2.17. The van der Waals surface area contributed by atoms with Crippen molar-refractivity contribution < 1.29 is 8.42 Å². The minimum atomic E-state index is -3.00. The summed E-state index contributed by atoms with van der Waals surface area (Å²) in [5.41, 5.74) is 6.86. The van der Waals surface area contributed by atoms with Gasteiger partial charge in [0.1, 0.15) is 0 Å². The summed E-state index contributed by atoms with van der Waals surface area (Å²) in [4.78, 5) is 0. The molecule has 3 atom stereocenters. The van der Waals surface area contributed by atoms with Gasteiger partial charge in [0.2, 0.25) is 0 Å². The number of benzene rings is 1. The first-order valence-corrected chi connectivity index (χ1v) is 6.81. The van der Waals surface area contributed by atoms with Crippen molar-refractivity contribution in [3.63, 3.8) is 0 Å². The van der Waals surface area contributed by atoms with Crippen molar-refractivity contribution in [3.05, 3.63) is 35.9 Å². The van der Waals surface area contributed by atoms with E-state index in [1.807, 2.05) is 30.3 Å². The summed E-state index contributed by atoms with van der Waals surface area (Å²) in [6.45, 7) is 1.67. The van der Waals surface area contributed by atoms with Gasteiger partial charge < -0.3 is 5.73 Å². The molecule has 1 aromatic carbocycles. The fourth-order valence-corrected chi connectivity index (χ4v) is 3.78. The van der Waals surface area contributed by atoms with Gasteiger partial charge in [0.25, 0.3) is 0 Å². The maximum Gasteiger partial charge on any atom is 0.155 e. The van der Waals surface area contributed by atoms with Crippen LogP contribution in [0.4, 0.5) is 0 Å². The molecule has 4 heteroatoms. The summed E-state index contributed by atoms with van der Waals surface area (Å²) in [7, 11) is -3.00. The fourth-order valence-electron chi connectivity index (χ4n) is 2.05. The molecule has 1 fully saturated rings. The zero-order valence-electron chi connectivity index (χ0n) is 8.63. The maximum atomic E-state index is 11.7. The Morgan fingerprint density at radius 3 is 2.40 bits per heavy atom. The minimum absolute atomic E-state index is 0.00356. The molecule has 2 N–H and O–H groups in total. The number of sulfone groups is 1. The topological polar surface area (TPSA) is 60.2 Å². The Hall–Kier alpha value is -0.870. The second kappa shape index (κ2) is 3.61. The average Bonchev–Trinajstić information content (AvgIpc) is 2.92. The van der Waals surface area contributed by atoms with Gasteiger partial charge in [-0.3, -0.25) is 0 Å². The number of hydrogen-bond donors (Lipinski definition) is 1. The van der Waals surface area contributed by atoms with Crippen molar-refractivity contribution in [1.29, 1.82) is 0 Å². The highest BCUT2D eigenvalue weighted by molar-refractivity contribution is 7.92. The molecule has 0 radical (unpaired) electrons. The van der Waals surface area contributed by atoms with Crippen LogP contribution >= 0.6 is 0 Å². The molecule has 3 nitrogen and oxygen atoms in total. The molecular formula is C11H15NO2S. The van der Waals surface area contributed by atoms with Crippen molar-refractivity contribution in [2.75, 3.05) is 5.75 Å². The van der Waals surface area contributed by atoms with Gasteiger partial charge in [0.15, 0.2) is 9.84 Å². The van der Waals surface area contributed by atoms with Gasteiger partial charge in [-0.25, -0.2) is 8.42 Å². The average molecular weight is 225 g/mol. The summed E-state index contributed by atoms with van der Waals surface area (Å²) >= 11 is 0. The number of hydrogen-bond acceptors (Lipinski definition) is 3. The zero-order chi connectivity index (χ0) is 11.1. The van der Waals surface area contributed by atoms with Gasteiger partial charge in [-0.15, -0.1) is 0 Å². The second-order valence-corrected chi connectivity index (χ2v) is 6.38. The van der Waals surface area contributed by atoms with Crippen molar-refractivity contribution >= 4 is 9.84 Å². The first kappa shape index (κ1) is 10.6. The first-order chi connectivity index (χ1) is 7.08. The molecule has 1 saturated carbocycles. The van der Waals surface area contributed by atoms with Gasteiger partial charge in [-0.05, 0) is 5.56 Å². The van der Waals surface area contributed by atoms with Crippen LogP contribution in [0.15, 0.2) is 30.3 Å². The molecule has 1 aliphatic rings. The van der Waals surface area contributed by atoms with Crippen LogP contribution in [0.25, 0.3) is 0 Å². The van der Waals surface area contributed by atoms with E-state index in [0.717, 1.165) is 5.56 Å². The lowest BCUT2D eigenvalue weighted by atomic mass is 10.1. The van der Waals surface area contributed by atoms with Gasteiger partial charge in [0, 0.05) is 17.7 Å². The molecule has 0 amide bonds. The normalized spacial score (nSPS) is 30.1.